The molecular formula is C10H18CuN2O4. The summed E-state index contributed by atoms with van der Waals surface area (Å²) in [4.78, 5) is 20.3. The Labute approximate surface area is 111 Å². The smallest absolute Gasteiger partial charge is 0.320 e. The molecule has 2 aliphatic rings. The maximum absolute atomic E-state index is 10.1. The molecule has 2 atom stereocenters. The predicted molar refractivity (Wildman–Crippen MR) is 57.3 cm³/mol. The van der Waals surface area contributed by atoms with Crippen molar-refractivity contribution < 1.29 is 36.9 Å². The van der Waals surface area contributed by atoms with E-state index in [1.807, 2.05) is 0 Å². The van der Waals surface area contributed by atoms with E-state index in [1.165, 1.54) is 0 Å². The van der Waals surface area contributed by atoms with Gasteiger partial charge in [0.25, 0.3) is 0 Å². The van der Waals surface area contributed by atoms with Crippen LogP contribution in [0.3, 0.4) is 0 Å². The summed E-state index contributed by atoms with van der Waals surface area (Å²) in [6.07, 6.45) is 3.57. The van der Waals surface area contributed by atoms with Crippen LogP contribution in [0.5, 0.6) is 0 Å². The van der Waals surface area contributed by atoms with Crippen LogP contribution in [0.2, 0.25) is 0 Å². The Kier molecular flexibility index (Phi) is 8.16. The first-order valence-corrected chi connectivity index (χ1v) is 5.53. The van der Waals surface area contributed by atoms with E-state index in [-0.39, 0.29) is 29.2 Å². The third kappa shape index (κ3) is 6.02. The standard InChI is InChI=1S/2C5H9NO2.Cu/c2*7-5(8)4-2-1-3-6-4;/h2*4,6H,1-3H2,(H,7,8);/t2*4-;/m00./s1. The topological polar surface area (TPSA) is 98.7 Å². The summed E-state index contributed by atoms with van der Waals surface area (Å²) in [5.41, 5.74) is 0. The van der Waals surface area contributed by atoms with Crippen LogP contribution in [0.15, 0.2) is 0 Å². The molecule has 0 saturated carbocycles. The first-order chi connectivity index (χ1) is 7.61. The van der Waals surface area contributed by atoms with Crippen LogP contribution in [0.4, 0.5) is 0 Å². The predicted octanol–water partition coefficient (Wildman–Crippen LogP) is -0.356. The first kappa shape index (κ1) is 16.4. The quantitative estimate of drug-likeness (QED) is 0.519. The Hall–Kier alpha value is -0.621. The molecule has 0 unspecified atom stereocenters. The Bertz CT molecular complexity index is 225. The van der Waals surface area contributed by atoms with Gasteiger partial charge in [-0.25, -0.2) is 0 Å². The first-order valence-electron chi connectivity index (χ1n) is 5.53. The number of nitrogens with one attached hydrogen (secondary N) is 2. The number of carbonyl (C=O) groups is 2. The monoisotopic (exact) mass is 293 g/mol. The van der Waals surface area contributed by atoms with Gasteiger partial charge in [0, 0.05) is 17.1 Å². The zero-order chi connectivity index (χ0) is 12.0. The molecule has 6 nitrogen and oxygen atoms in total. The van der Waals surface area contributed by atoms with Crippen LogP contribution in [0.1, 0.15) is 25.7 Å². The molecule has 103 valence electrons. The average molecular weight is 294 g/mol. The van der Waals surface area contributed by atoms with Gasteiger partial charge in [0.15, 0.2) is 0 Å². The normalized spacial score (nSPS) is 26.6. The average Bonchev–Trinajstić information content (AvgIpc) is 2.93. The molecule has 0 aromatic rings. The molecule has 4 N–H and O–H groups in total. The van der Waals surface area contributed by atoms with Crippen LogP contribution in [-0.4, -0.2) is 47.3 Å². The second-order valence-electron chi connectivity index (χ2n) is 3.97. The summed E-state index contributed by atoms with van der Waals surface area (Å²) in [5.74, 6) is -1.44. The summed E-state index contributed by atoms with van der Waals surface area (Å²) in [6, 6.07) is -0.537. The van der Waals surface area contributed by atoms with Gasteiger partial charge in [0.1, 0.15) is 12.1 Å². The van der Waals surface area contributed by atoms with E-state index < -0.39 is 11.9 Å². The molecule has 0 spiro atoms. The Morgan fingerprint density at radius 2 is 1.24 bits per heavy atom. The van der Waals surface area contributed by atoms with Crippen molar-refractivity contribution in [3.63, 3.8) is 0 Å². The minimum atomic E-state index is -0.720. The van der Waals surface area contributed by atoms with E-state index in [1.54, 1.807) is 0 Å². The number of rotatable bonds is 2. The fourth-order valence-corrected chi connectivity index (χ4v) is 1.79. The van der Waals surface area contributed by atoms with E-state index in [4.69, 9.17) is 10.2 Å². The number of hydrogen-bond donors (Lipinski definition) is 4. The molecule has 2 saturated heterocycles. The Morgan fingerprint density at radius 3 is 1.35 bits per heavy atom. The van der Waals surface area contributed by atoms with Crippen molar-refractivity contribution in [3.8, 4) is 0 Å². The zero-order valence-corrected chi connectivity index (χ0v) is 10.4. The van der Waals surface area contributed by atoms with Crippen LogP contribution >= 0.6 is 0 Å². The van der Waals surface area contributed by atoms with Crippen molar-refractivity contribution in [3.05, 3.63) is 0 Å². The van der Waals surface area contributed by atoms with Crippen molar-refractivity contribution in [1.82, 2.24) is 10.6 Å². The van der Waals surface area contributed by atoms with Crippen molar-refractivity contribution in [2.45, 2.75) is 37.8 Å². The molecule has 2 aliphatic heterocycles. The maximum Gasteiger partial charge on any atom is 0.320 e. The molecule has 0 aromatic carbocycles. The largest absolute Gasteiger partial charge is 0.480 e. The Morgan fingerprint density at radius 1 is 0.882 bits per heavy atom. The van der Waals surface area contributed by atoms with Crippen molar-refractivity contribution in [2.75, 3.05) is 13.1 Å². The molecule has 2 rings (SSSR count). The number of carboxylic acid groups (broad SMARTS) is 2. The second-order valence-corrected chi connectivity index (χ2v) is 3.97. The van der Waals surface area contributed by atoms with E-state index >= 15 is 0 Å². The number of aliphatic carboxylic acids is 2. The molecule has 0 aliphatic carbocycles. The molecule has 0 amide bonds. The maximum atomic E-state index is 10.1. The summed E-state index contributed by atoms with van der Waals surface area (Å²) in [5, 5.41) is 22.4. The van der Waals surface area contributed by atoms with Crippen LogP contribution in [-0.2, 0) is 26.7 Å². The third-order valence-electron chi connectivity index (χ3n) is 2.72. The fourth-order valence-electron chi connectivity index (χ4n) is 1.79. The van der Waals surface area contributed by atoms with Gasteiger partial charge in [-0.3, -0.25) is 9.59 Å². The molecule has 17 heavy (non-hydrogen) atoms. The molecule has 0 bridgehead atoms. The van der Waals surface area contributed by atoms with Gasteiger partial charge < -0.3 is 20.8 Å². The van der Waals surface area contributed by atoms with E-state index in [9.17, 15) is 9.59 Å². The summed E-state index contributed by atoms with van der Waals surface area (Å²) >= 11 is 0. The summed E-state index contributed by atoms with van der Waals surface area (Å²) in [6.45, 7) is 1.72. The van der Waals surface area contributed by atoms with Crippen molar-refractivity contribution in [2.24, 2.45) is 0 Å². The van der Waals surface area contributed by atoms with Crippen LogP contribution in [0.25, 0.3) is 0 Å². The summed E-state index contributed by atoms with van der Waals surface area (Å²) in [7, 11) is 0. The van der Waals surface area contributed by atoms with Gasteiger partial charge in [-0.2, -0.15) is 0 Å². The summed E-state index contributed by atoms with van der Waals surface area (Å²) < 4.78 is 0. The van der Waals surface area contributed by atoms with Crippen LogP contribution in [0, 0.1) is 0 Å². The van der Waals surface area contributed by atoms with Gasteiger partial charge in [-0.1, -0.05) is 0 Å². The molecule has 0 aromatic heterocycles. The minimum absolute atomic E-state index is 0. The zero-order valence-electron chi connectivity index (χ0n) is 9.41. The van der Waals surface area contributed by atoms with Gasteiger partial charge in [-0.05, 0) is 38.8 Å². The number of carboxylic acids is 2. The second kappa shape index (κ2) is 8.47. The van der Waals surface area contributed by atoms with Crippen molar-refractivity contribution >= 4 is 11.9 Å². The van der Waals surface area contributed by atoms with Gasteiger partial charge in [-0.15, -0.1) is 0 Å². The third-order valence-corrected chi connectivity index (χ3v) is 2.72. The van der Waals surface area contributed by atoms with Crippen molar-refractivity contribution in [1.29, 1.82) is 0 Å². The van der Waals surface area contributed by atoms with E-state index in [0.29, 0.717) is 0 Å². The van der Waals surface area contributed by atoms with E-state index in [0.717, 1.165) is 38.8 Å². The SMILES string of the molecule is O=C(O)[C@@H]1CCCN1.O=C(O)[C@@H]1CCCN1.[Cu]. The fraction of sp³-hybridized carbons (Fsp3) is 0.800. The van der Waals surface area contributed by atoms with Gasteiger partial charge in [0.05, 0.1) is 0 Å². The molecule has 2 fully saturated rings. The Balaban J connectivity index is 0.000000284. The number of hydrogen-bond acceptors (Lipinski definition) is 4. The molecule has 7 heteroatoms. The minimum Gasteiger partial charge on any atom is -0.480 e. The van der Waals surface area contributed by atoms with Gasteiger partial charge >= 0.3 is 11.9 Å². The van der Waals surface area contributed by atoms with Gasteiger partial charge in [0.2, 0.25) is 0 Å². The molecular weight excluding hydrogens is 276 g/mol. The van der Waals surface area contributed by atoms with E-state index in [2.05, 4.69) is 10.6 Å². The molecule has 1 radical (unpaired) electrons. The van der Waals surface area contributed by atoms with Crippen LogP contribution < -0.4 is 10.6 Å². The molecule has 2 heterocycles.